The summed E-state index contributed by atoms with van der Waals surface area (Å²) in [7, 11) is 0. The largest absolute Gasteiger partial charge is 0.465 e. The maximum absolute atomic E-state index is 12.4. The van der Waals surface area contributed by atoms with Crippen molar-refractivity contribution in [2.45, 2.75) is 25.3 Å². The minimum Gasteiger partial charge on any atom is -0.465 e. The highest BCUT2D eigenvalue weighted by Crippen LogP contribution is 2.43. The second-order valence-corrected chi connectivity index (χ2v) is 6.87. The molecule has 0 spiro atoms. The molecule has 2 amide bonds. The van der Waals surface area contributed by atoms with Crippen LogP contribution in [0.3, 0.4) is 0 Å². The molecule has 2 aliphatic rings. The molecular weight excluding hydrogens is 306 g/mol. The number of halogens is 1. The summed E-state index contributed by atoms with van der Waals surface area (Å²) in [4.78, 5) is 28.9. The highest BCUT2D eigenvalue weighted by molar-refractivity contribution is 6.33. The lowest BCUT2D eigenvalue weighted by molar-refractivity contribution is 0.0894. The Morgan fingerprint density at radius 1 is 1.41 bits per heavy atom. The Kier molecular flexibility index (Phi) is 3.72. The summed E-state index contributed by atoms with van der Waals surface area (Å²) in [5.74, 6) is 0.337. The number of carboxylic acid groups (broad SMARTS) is 1. The Labute approximate surface area is 133 Å². The van der Waals surface area contributed by atoms with E-state index in [2.05, 4.69) is 10.3 Å². The highest BCUT2D eigenvalue weighted by Gasteiger charge is 2.48. The quantitative estimate of drug-likeness (QED) is 0.874. The van der Waals surface area contributed by atoms with E-state index in [4.69, 9.17) is 16.7 Å². The van der Waals surface area contributed by atoms with Gasteiger partial charge in [-0.25, -0.2) is 9.78 Å². The number of nitrogens with zero attached hydrogens (tertiary/aromatic N) is 2. The van der Waals surface area contributed by atoms with Crippen molar-refractivity contribution in [1.29, 1.82) is 0 Å². The molecule has 1 unspecified atom stereocenters. The van der Waals surface area contributed by atoms with E-state index in [0.717, 1.165) is 12.8 Å². The maximum Gasteiger partial charge on any atom is 0.407 e. The zero-order valence-corrected chi connectivity index (χ0v) is 13.0. The summed E-state index contributed by atoms with van der Waals surface area (Å²) >= 11 is 6.00. The molecule has 2 N–H and O–H groups in total. The molecule has 1 aliphatic heterocycles. The van der Waals surface area contributed by atoms with Gasteiger partial charge in [-0.05, 0) is 43.7 Å². The second-order valence-electron chi connectivity index (χ2n) is 6.46. The zero-order chi connectivity index (χ0) is 15.9. The van der Waals surface area contributed by atoms with E-state index < -0.39 is 6.09 Å². The molecule has 1 saturated carbocycles. The van der Waals surface area contributed by atoms with Crippen LogP contribution in [0.1, 0.15) is 30.3 Å². The van der Waals surface area contributed by atoms with Crippen LogP contribution in [0.15, 0.2) is 18.3 Å². The fraction of sp³-hybridized carbons (Fsp3) is 0.533. The first-order valence-electron chi connectivity index (χ1n) is 7.29. The number of hydrogen-bond acceptors (Lipinski definition) is 3. The van der Waals surface area contributed by atoms with Crippen LogP contribution in [0, 0.1) is 11.8 Å². The van der Waals surface area contributed by atoms with Crippen molar-refractivity contribution in [2.75, 3.05) is 13.1 Å². The molecule has 3 rings (SSSR count). The molecule has 6 nitrogen and oxygen atoms in total. The van der Waals surface area contributed by atoms with Gasteiger partial charge in [-0.15, -0.1) is 0 Å². The van der Waals surface area contributed by atoms with Gasteiger partial charge in [0.2, 0.25) is 0 Å². The number of rotatable bonds is 2. The van der Waals surface area contributed by atoms with Crippen molar-refractivity contribution in [3.8, 4) is 0 Å². The molecule has 22 heavy (non-hydrogen) atoms. The Hall–Kier alpha value is -1.82. The van der Waals surface area contributed by atoms with Crippen LogP contribution in [0.2, 0.25) is 5.02 Å². The molecule has 1 aromatic heterocycles. The smallest absolute Gasteiger partial charge is 0.407 e. The number of hydrogen-bond donors (Lipinski definition) is 2. The topological polar surface area (TPSA) is 82.5 Å². The lowest BCUT2D eigenvalue weighted by Crippen LogP contribution is -2.45. The van der Waals surface area contributed by atoms with E-state index >= 15 is 0 Å². The summed E-state index contributed by atoms with van der Waals surface area (Å²) in [5, 5.41) is 12.4. The highest BCUT2D eigenvalue weighted by atomic mass is 35.5. The van der Waals surface area contributed by atoms with Crippen LogP contribution in [0.4, 0.5) is 4.79 Å². The van der Waals surface area contributed by atoms with Crippen LogP contribution in [-0.2, 0) is 0 Å². The molecular formula is C15H18ClN3O3. The third kappa shape index (κ3) is 2.75. The van der Waals surface area contributed by atoms with E-state index in [9.17, 15) is 9.59 Å². The predicted octanol–water partition coefficient (Wildman–Crippen LogP) is 2.24. The number of carbonyl (C=O) groups excluding carboxylic acids is 1. The molecule has 1 saturated heterocycles. The van der Waals surface area contributed by atoms with E-state index in [0.29, 0.717) is 29.9 Å². The van der Waals surface area contributed by atoms with Gasteiger partial charge in [0.25, 0.3) is 5.91 Å². The van der Waals surface area contributed by atoms with Crippen LogP contribution in [0.5, 0.6) is 0 Å². The molecule has 1 aromatic rings. The normalized spacial score (nSPS) is 30.2. The standard InChI is InChI=1S/C15H18ClN3O3/c1-15(18-13(20)12-11(16)3-2-4-17-12)5-9-7-19(14(21)22)8-10(9)6-15/h2-4,9-10H,5-8H2,1H3,(H,18,20)(H,21,22)/t9-,10+,15?. The molecule has 2 fully saturated rings. The van der Waals surface area contributed by atoms with Crippen molar-refractivity contribution in [1.82, 2.24) is 15.2 Å². The lowest BCUT2D eigenvalue weighted by atomic mass is 9.97. The summed E-state index contributed by atoms with van der Waals surface area (Å²) in [6.07, 6.45) is 2.23. The van der Waals surface area contributed by atoms with Crippen LogP contribution in [-0.4, -0.2) is 45.6 Å². The first-order chi connectivity index (χ1) is 10.4. The number of likely N-dealkylation sites (tertiary alicyclic amines) is 1. The fourth-order valence-corrected chi connectivity index (χ4v) is 3.99. The molecule has 2 heterocycles. The van der Waals surface area contributed by atoms with Crippen molar-refractivity contribution < 1.29 is 14.7 Å². The molecule has 0 aromatic carbocycles. The van der Waals surface area contributed by atoms with Gasteiger partial charge in [0.1, 0.15) is 5.69 Å². The minimum atomic E-state index is -0.861. The third-order valence-corrected chi connectivity index (χ3v) is 4.97. The van der Waals surface area contributed by atoms with Gasteiger partial charge < -0.3 is 15.3 Å². The van der Waals surface area contributed by atoms with Crippen molar-refractivity contribution in [3.63, 3.8) is 0 Å². The first kappa shape index (κ1) is 15.1. The molecule has 0 radical (unpaired) electrons. The van der Waals surface area contributed by atoms with E-state index in [-0.39, 0.29) is 17.1 Å². The molecule has 118 valence electrons. The molecule has 0 bridgehead atoms. The van der Waals surface area contributed by atoms with Crippen LogP contribution < -0.4 is 5.32 Å². The molecule has 7 heteroatoms. The van der Waals surface area contributed by atoms with Gasteiger partial charge in [0.15, 0.2) is 0 Å². The Balaban J connectivity index is 1.66. The van der Waals surface area contributed by atoms with Crippen LogP contribution >= 0.6 is 11.6 Å². The first-order valence-corrected chi connectivity index (χ1v) is 7.67. The second kappa shape index (κ2) is 5.43. The molecule has 1 aliphatic carbocycles. The number of nitrogens with one attached hydrogen (secondary N) is 1. The Morgan fingerprint density at radius 3 is 2.59 bits per heavy atom. The van der Waals surface area contributed by atoms with Crippen molar-refractivity contribution >= 4 is 23.6 Å². The number of aromatic nitrogens is 1. The predicted molar refractivity (Wildman–Crippen MR) is 80.9 cm³/mol. The lowest BCUT2D eigenvalue weighted by Gasteiger charge is -2.28. The number of fused-ring (bicyclic) bond motifs is 1. The average molecular weight is 324 g/mol. The monoisotopic (exact) mass is 323 g/mol. The number of carbonyl (C=O) groups is 2. The van der Waals surface area contributed by atoms with E-state index in [1.807, 2.05) is 6.92 Å². The van der Waals surface area contributed by atoms with Gasteiger partial charge in [0.05, 0.1) is 5.02 Å². The van der Waals surface area contributed by atoms with Gasteiger partial charge >= 0.3 is 6.09 Å². The Morgan fingerprint density at radius 2 is 2.05 bits per heavy atom. The Bertz CT molecular complexity index is 608. The summed E-state index contributed by atoms with van der Waals surface area (Å²) in [6, 6.07) is 3.32. The summed E-state index contributed by atoms with van der Waals surface area (Å²) in [6.45, 7) is 3.11. The third-order valence-electron chi connectivity index (χ3n) is 4.66. The average Bonchev–Trinajstić information content (AvgIpc) is 2.93. The summed E-state index contributed by atoms with van der Waals surface area (Å²) < 4.78 is 0. The fourth-order valence-electron chi connectivity index (χ4n) is 3.79. The number of pyridine rings is 1. The van der Waals surface area contributed by atoms with Gasteiger partial charge in [0, 0.05) is 24.8 Å². The molecule has 3 atom stereocenters. The van der Waals surface area contributed by atoms with Gasteiger partial charge in [-0.1, -0.05) is 11.6 Å². The van der Waals surface area contributed by atoms with Gasteiger partial charge in [-0.2, -0.15) is 0 Å². The maximum atomic E-state index is 12.4. The number of amides is 2. The SMILES string of the molecule is CC1(NC(=O)c2ncccc2Cl)C[C@H]2CN(C(=O)O)C[C@H]2C1. The van der Waals surface area contributed by atoms with Crippen LogP contribution in [0.25, 0.3) is 0 Å². The minimum absolute atomic E-state index is 0.231. The van der Waals surface area contributed by atoms with E-state index in [1.165, 1.54) is 11.1 Å². The van der Waals surface area contributed by atoms with Crippen molar-refractivity contribution in [2.24, 2.45) is 11.8 Å². The summed E-state index contributed by atoms with van der Waals surface area (Å²) in [5.41, 5.74) is -0.104. The van der Waals surface area contributed by atoms with Gasteiger partial charge in [-0.3, -0.25) is 4.79 Å². The van der Waals surface area contributed by atoms with E-state index in [1.54, 1.807) is 12.1 Å². The van der Waals surface area contributed by atoms with Crippen molar-refractivity contribution in [3.05, 3.63) is 29.0 Å². The zero-order valence-electron chi connectivity index (χ0n) is 12.3.